The van der Waals surface area contributed by atoms with Gasteiger partial charge in [-0.15, -0.1) is 23.1 Å². The van der Waals surface area contributed by atoms with Gasteiger partial charge in [-0.2, -0.15) is 0 Å². The number of benzene rings is 2. The zero-order chi connectivity index (χ0) is 20.0. The second-order valence-corrected chi connectivity index (χ2v) is 9.99. The Bertz CT molecular complexity index is 1070. The van der Waals surface area contributed by atoms with Crippen LogP contribution >= 0.6 is 23.1 Å². The van der Waals surface area contributed by atoms with E-state index in [1.54, 1.807) is 11.3 Å². The number of nitrogens with one attached hydrogen (secondary N) is 1. The highest BCUT2D eigenvalue weighted by atomic mass is 32.2. The lowest BCUT2D eigenvalue weighted by atomic mass is 9.97. The Labute approximate surface area is 177 Å². The Morgan fingerprint density at radius 1 is 1.17 bits per heavy atom. The number of para-hydroxylation sites is 1. The summed E-state index contributed by atoms with van der Waals surface area (Å²) in [6.45, 7) is 3.35. The number of aromatic nitrogens is 1. The van der Waals surface area contributed by atoms with E-state index < -0.39 is 0 Å². The summed E-state index contributed by atoms with van der Waals surface area (Å²) in [5.74, 6) is 0.439. The number of piperidine rings is 1. The molecule has 2 amide bonds. The van der Waals surface area contributed by atoms with Crippen molar-refractivity contribution in [2.45, 2.75) is 35.8 Å². The van der Waals surface area contributed by atoms with Crippen LogP contribution in [0.15, 0.2) is 47.4 Å². The Hall–Kier alpha value is -2.38. The standard InChI is InChI=1S/C22H21N3O2S2/c1-13-20(26)23-17-12-15(6-7-19(17)28-13)22(27)25-10-8-14(9-11-25)21-24-16-4-2-3-5-18(16)29-21/h2-7,12-14H,8-11H2,1H3,(H,23,26). The van der Waals surface area contributed by atoms with Crippen LogP contribution in [0.2, 0.25) is 0 Å². The van der Waals surface area contributed by atoms with Gasteiger partial charge in [0.2, 0.25) is 5.91 Å². The molecule has 1 atom stereocenters. The molecule has 2 aliphatic rings. The maximum Gasteiger partial charge on any atom is 0.253 e. The molecule has 1 fully saturated rings. The van der Waals surface area contributed by atoms with Crippen LogP contribution in [0.3, 0.4) is 0 Å². The highest BCUT2D eigenvalue weighted by Crippen LogP contribution is 2.37. The van der Waals surface area contributed by atoms with E-state index in [4.69, 9.17) is 4.98 Å². The molecule has 0 spiro atoms. The second-order valence-electron chi connectivity index (χ2n) is 7.55. The third-order valence-electron chi connectivity index (χ3n) is 5.60. The van der Waals surface area contributed by atoms with Gasteiger partial charge in [0, 0.05) is 29.5 Å². The van der Waals surface area contributed by atoms with Crippen molar-refractivity contribution in [2.75, 3.05) is 18.4 Å². The molecule has 2 aliphatic heterocycles. The first-order valence-electron chi connectivity index (χ1n) is 9.85. The van der Waals surface area contributed by atoms with Crippen molar-refractivity contribution in [1.29, 1.82) is 0 Å². The van der Waals surface area contributed by atoms with Gasteiger partial charge in [0.25, 0.3) is 5.91 Å². The minimum Gasteiger partial charge on any atom is -0.339 e. The van der Waals surface area contributed by atoms with E-state index in [0.717, 1.165) is 42.0 Å². The smallest absolute Gasteiger partial charge is 0.253 e. The number of amides is 2. The minimum atomic E-state index is -0.106. The van der Waals surface area contributed by atoms with Crippen LogP contribution in [0, 0.1) is 0 Å². The molecule has 3 aromatic rings. The second kappa shape index (κ2) is 7.46. The van der Waals surface area contributed by atoms with Crippen LogP contribution in [0.4, 0.5) is 5.69 Å². The maximum absolute atomic E-state index is 13.0. The number of anilines is 1. The lowest BCUT2D eigenvalue weighted by molar-refractivity contribution is -0.115. The first-order valence-corrected chi connectivity index (χ1v) is 11.5. The summed E-state index contributed by atoms with van der Waals surface area (Å²) in [6.07, 6.45) is 1.86. The van der Waals surface area contributed by atoms with Gasteiger partial charge in [-0.25, -0.2) is 4.98 Å². The van der Waals surface area contributed by atoms with Crippen LogP contribution in [0.5, 0.6) is 0 Å². The number of carbonyl (C=O) groups is 2. The molecule has 7 heteroatoms. The van der Waals surface area contributed by atoms with Gasteiger partial charge in [-0.1, -0.05) is 12.1 Å². The van der Waals surface area contributed by atoms with E-state index in [0.29, 0.717) is 11.5 Å². The predicted octanol–water partition coefficient (Wildman–Crippen LogP) is 4.75. The first-order chi connectivity index (χ1) is 14.1. The molecule has 3 heterocycles. The van der Waals surface area contributed by atoms with Crippen LogP contribution < -0.4 is 5.32 Å². The number of likely N-dealkylation sites (tertiary alicyclic amines) is 1. The summed E-state index contributed by atoms with van der Waals surface area (Å²) >= 11 is 3.30. The largest absolute Gasteiger partial charge is 0.339 e. The summed E-state index contributed by atoms with van der Waals surface area (Å²) in [5.41, 5.74) is 2.44. The van der Waals surface area contributed by atoms with Crippen LogP contribution in [0.1, 0.15) is 41.0 Å². The van der Waals surface area contributed by atoms with E-state index in [9.17, 15) is 9.59 Å². The number of hydrogen-bond acceptors (Lipinski definition) is 5. The van der Waals surface area contributed by atoms with Gasteiger partial charge < -0.3 is 10.2 Å². The van der Waals surface area contributed by atoms with Gasteiger partial charge in [0.1, 0.15) is 0 Å². The number of nitrogens with zero attached hydrogens (tertiary/aromatic N) is 2. The van der Waals surface area contributed by atoms with Gasteiger partial charge in [-0.3, -0.25) is 9.59 Å². The number of fused-ring (bicyclic) bond motifs is 2. The quantitative estimate of drug-likeness (QED) is 0.646. The van der Waals surface area contributed by atoms with Gasteiger partial charge in [0.05, 0.1) is 26.2 Å². The molecular formula is C22H21N3O2S2. The van der Waals surface area contributed by atoms with Gasteiger partial charge >= 0.3 is 0 Å². The molecule has 1 N–H and O–H groups in total. The van der Waals surface area contributed by atoms with Crippen molar-refractivity contribution in [3.8, 4) is 0 Å². The highest BCUT2D eigenvalue weighted by Gasteiger charge is 2.28. The fourth-order valence-corrected chi connectivity index (χ4v) is 5.99. The summed E-state index contributed by atoms with van der Waals surface area (Å²) in [7, 11) is 0. The Kier molecular flexibility index (Phi) is 4.80. The molecule has 0 saturated carbocycles. The third kappa shape index (κ3) is 3.53. The van der Waals surface area contributed by atoms with E-state index in [-0.39, 0.29) is 17.1 Å². The molecule has 0 aliphatic carbocycles. The van der Waals surface area contributed by atoms with E-state index in [2.05, 4.69) is 17.4 Å². The van der Waals surface area contributed by atoms with Crippen molar-refractivity contribution in [2.24, 2.45) is 0 Å². The number of thiazole rings is 1. The van der Waals surface area contributed by atoms with Gasteiger partial charge in [-0.05, 0) is 50.1 Å². The summed E-state index contributed by atoms with van der Waals surface area (Å²) < 4.78 is 1.23. The molecule has 148 valence electrons. The summed E-state index contributed by atoms with van der Waals surface area (Å²) in [4.78, 5) is 32.7. The Balaban J connectivity index is 1.28. The van der Waals surface area contributed by atoms with Crippen LogP contribution in [0.25, 0.3) is 10.2 Å². The third-order valence-corrected chi connectivity index (χ3v) is 7.98. The van der Waals surface area contributed by atoms with Crippen molar-refractivity contribution in [3.63, 3.8) is 0 Å². The van der Waals surface area contributed by atoms with Crippen molar-refractivity contribution < 1.29 is 9.59 Å². The molecule has 29 heavy (non-hydrogen) atoms. The molecule has 1 unspecified atom stereocenters. The number of rotatable bonds is 2. The Morgan fingerprint density at radius 3 is 2.76 bits per heavy atom. The fourth-order valence-electron chi connectivity index (χ4n) is 3.92. The molecular weight excluding hydrogens is 402 g/mol. The molecule has 1 aromatic heterocycles. The molecule has 0 bridgehead atoms. The van der Waals surface area contributed by atoms with E-state index in [1.807, 2.05) is 42.2 Å². The average molecular weight is 424 g/mol. The normalized spacial score (nSPS) is 19.8. The van der Waals surface area contributed by atoms with Crippen molar-refractivity contribution in [3.05, 3.63) is 53.0 Å². The summed E-state index contributed by atoms with van der Waals surface area (Å²) in [5, 5.41) is 3.99. The molecule has 5 rings (SSSR count). The van der Waals surface area contributed by atoms with E-state index >= 15 is 0 Å². The average Bonchev–Trinajstić information content (AvgIpc) is 3.18. The lowest BCUT2D eigenvalue weighted by Gasteiger charge is -2.31. The molecule has 0 radical (unpaired) electrons. The maximum atomic E-state index is 13.0. The van der Waals surface area contributed by atoms with Crippen molar-refractivity contribution >= 4 is 50.8 Å². The van der Waals surface area contributed by atoms with Gasteiger partial charge in [0.15, 0.2) is 0 Å². The van der Waals surface area contributed by atoms with Crippen molar-refractivity contribution in [1.82, 2.24) is 9.88 Å². The monoisotopic (exact) mass is 423 g/mol. The minimum absolute atomic E-state index is 0.0104. The SMILES string of the molecule is CC1Sc2ccc(C(=O)N3CCC(c4nc5ccccc5s4)CC3)cc2NC1=O. The molecule has 5 nitrogen and oxygen atoms in total. The zero-order valence-electron chi connectivity index (χ0n) is 16.1. The highest BCUT2D eigenvalue weighted by molar-refractivity contribution is 8.00. The Morgan fingerprint density at radius 2 is 1.97 bits per heavy atom. The number of thioether (sulfide) groups is 1. The summed E-state index contributed by atoms with van der Waals surface area (Å²) in [6, 6.07) is 13.9. The molecule has 1 saturated heterocycles. The number of hydrogen-bond donors (Lipinski definition) is 1. The fraction of sp³-hybridized carbons (Fsp3) is 0.318. The first kappa shape index (κ1) is 18.6. The molecule has 2 aromatic carbocycles. The lowest BCUT2D eigenvalue weighted by Crippen LogP contribution is -2.38. The predicted molar refractivity (Wildman–Crippen MR) is 118 cm³/mol. The zero-order valence-corrected chi connectivity index (χ0v) is 17.7. The van der Waals surface area contributed by atoms with Crippen LogP contribution in [-0.4, -0.2) is 40.0 Å². The van der Waals surface area contributed by atoms with E-state index in [1.165, 1.54) is 21.5 Å². The number of carbonyl (C=O) groups excluding carboxylic acids is 2. The topological polar surface area (TPSA) is 62.3 Å². The van der Waals surface area contributed by atoms with Crippen LogP contribution in [-0.2, 0) is 4.79 Å².